The first kappa shape index (κ1) is 19.7. The Morgan fingerprint density at radius 3 is 2.23 bits per heavy atom. The molecular formula is C20H20O10. The zero-order valence-corrected chi connectivity index (χ0v) is 16.9. The maximum atomic E-state index is 13.2. The zero-order chi connectivity index (χ0) is 21.5. The van der Waals surface area contributed by atoms with Crippen LogP contribution in [0.15, 0.2) is 29.4 Å². The van der Waals surface area contributed by atoms with Gasteiger partial charge in [-0.15, -0.1) is 0 Å². The molecule has 4 bridgehead atoms. The fourth-order valence-corrected chi connectivity index (χ4v) is 3.94. The van der Waals surface area contributed by atoms with E-state index >= 15 is 0 Å². The van der Waals surface area contributed by atoms with Crippen molar-refractivity contribution in [1.82, 2.24) is 0 Å². The van der Waals surface area contributed by atoms with E-state index in [4.69, 9.17) is 37.9 Å². The van der Waals surface area contributed by atoms with E-state index in [0.717, 1.165) is 0 Å². The van der Waals surface area contributed by atoms with E-state index in [9.17, 15) is 9.59 Å². The molecule has 0 spiro atoms. The highest BCUT2D eigenvalue weighted by Crippen LogP contribution is 2.56. The molecule has 10 nitrogen and oxygen atoms in total. The second-order valence-corrected chi connectivity index (χ2v) is 6.51. The molecule has 1 aromatic rings. The molecule has 160 valence electrons. The van der Waals surface area contributed by atoms with Gasteiger partial charge >= 0.3 is 11.9 Å². The molecule has 10 heteroatoms. The van der Waals surface area contributed by atoms with Crippen LogP contribution in [0.4, 0.5) is 0 Å². The lowest BCUT2D eigenvalue weighted by atomic mass is 9.69. The minimum absolute atomic E-state index is 0.0939. The van der Waals surface area contributed by atoms with Crippen LogP contribution in [0.5, 0.6) is 17.2 Å². The minimum Gasteiger partial charge on any atom is -0.492 e. The molecule has 2 heterocycles. The highest BCUT2D eigenvalue weighted by Gasteiger charge is 2.59. The second kappa shape index (κ2) is 7.36. The van der Waals surface area contributed by atoms with Gasteiger partial charge in [-0.2, -0.15) is 0 Å². The summed E-state index contributed by atoms with van der Waals surface area (Å²) in [6, 6.07) is 3.25. The first-order valence-electron chi connectivity index (χ1n) is 8.95. The summed E-state index contributed by atoms with van der Waals surface area (Å²) in [6.07, 6.45) is -0.244. The molecule has 0 unspecified atom stereocenters. The number of hydrogen-bond donors (Lipinski definition) is 0. The number of allylic oxidation sites excluding steroid dienone is 1. The summed E-state index contributed by atoms with van der Waals surface area (Å²) in [6.45, 7) is -0.465. The van der Waals surface area contributed by atoms with Gasteiger partial charge in [0, 0.05) is 17.6 Å². The van der Waals surface area contributed by atoms with Crippen LogP contribution >= 0.6 is 0 Å². The number of fused-ring (bicyclic) bond motifs is 4. The Morgan fingerprint density at radius 2 is 1.60 bits per heavy atom. The molecule has 30 heavy (non-hydrogen) atoms. The van der Waals surface area contributed by atoms with E-state index in [1.165, 1.54) is 28.4 Å². The average Bonchev–Trinajstić information content (AvgIpc) is 2.82. The van der Waals surface area contributed by atoms with Crippen LogP contribution in [-0.4, -0.2) is 54.0 Å². The summed E-state index contributed by atoms with van der Waals surface area (Å²) < 4.78 is 44.3. The maximum absolute atomic E-state index is 13.2. The number of esters is 2. The fourth-order valence-electron chi connectivity index (χ4n) is 3.94. The molecule has 0 atom stereocenters. The van der Waals surface area contributed by atoms with Gasteiger partial charge in [0.05, 0.1) is 28.4 Å². The van der Waals surface area contributed by atoms with Gasteiger partial charge in [0.15, 0.2) is 17.3 Å². The van der Waals surface area contributed by atoms with Crippen molar-refractivity contribution in [2.75, 3.05) is 42.0 Å². The third kappa shape index (κ3) is 2.56. The van der Waals surface area contributed by atoms with Gasteiger partial charge < -0.3 is 37.9 Å². The van der Waals surface area contributed by atoms with Crippen LogP contribution in [0.2, 0.25) is 0 Å². The standard InChI is InChI=1S/C20H20O10/c1-23-14-10-5-6-11-15(14)29-9-30-16-12(28-8-27-11)7-20(18(21)25-3,19(22)26-4)13(10)17(16)24-2/h5-6H,7-9H2,1-4H3. The molecule has 4 rings (SSSR count). The molecule has 0 aromatic heterocycles. The van der Waals surface area contributed by atoms with Crippen molar-refractivity contribution in [2.24, 2.45) is 5.41 Å². The van der Waals surface area contributed by atoms with E-state index in [1.54, 1.807) is 12.1 Å². The van der Waals surface area contributed by atoms with Gasteiger partial charge in [0.2, 0.25) is 30.5 Å². The van der Waals surface area contributed by atoms with Crippen molar-refractivity contribution in [3.63, 3.8) is 0 Å². The lowest BCUT2D eigenvalue weighted by molar-refractivity contribution is -0.165. The zero-order valence-electron chi connectivity index (χ0n) is 16.9. The van der Waals surface area contributed by atoms with Crippen LogP contribution in [0, 0.1) is 5.41 Å². The van der Waals surface area contributed by atoms with Crippen LogP contribution < -0.4 is 14.2 Å². The van der Waals surface area contributed by atoms with Gasteiger partial charge in [-0.1, -0.05) is 0 Å². The number of hydrogen-bond acceptors (Lipinski definition) is 10. The van der Waals surface area contributed by atoms with Crippen molar-refractivity contribution >= 4 is 17.5 Å². The Balaban J connectivity index is 2.19. The van der Waals surface area contributed by atoms with Crippen LogP contribution in [0.25, 0.3) is 5.57 Å². The lowest BCUT2D eigenvalue weighted by Gasteiger charge is -2.36. The van der Waals surface area contributed by atoms with Crippen molar-refractivity contribution in [2.45, 2.75) is 6.42 Å². The first-order valence-corrected chi connectivity index (χ1v) is 8.95. The van der Waals surface area contributed by atoms with Crippen molar-refractivity contribution < 1.29 is 47.5 Å². The molecule has 0 saturated carbocycles. The smallest absolute Gasteiger partial charge is 0.328 e. The Hall–Kier alpha value is -3.56. The fraction of sp³-hybridized carbons (Fsp3) is 0.400. The summed E-state index contributed by atoms with van der Waals surface area (Å²) in [4.78, 5) is 26.3. The highest BCUT2D eigenvalue weighted by molar-refractivity contribution is 6.14. The molecule has 1 aromatic carbocycles. The highest BCUT2D eigenvalue weighted by atomic mass is 16.7. The average molecular weight is 420 g/mol. The molecule has 1 aliphatic carbocycles. The van der Waals surface area contributed by atoms with E-state index in [0.29, 0.717) is 11.3 Å². The second-order valence-electron chi connectivity index (χ2n) is 6.51. The van der Waals surface area contributed by atoms with E-state index in [2.05, 4.69) is 0 Å². The molecule has 0 N–H and O–H groups in total. The van der Waals surface area contributed by atoms with Crippen molar-refractivity contribution in [3.05, 3.63) is 35.0 Å². The number of benzene rings is 1. The Bertz CT molecular complexity index is 958. The maximum Gasteiger partial charge on any atom is 0.328 e. The summed E-state index contributed by atoms with van der Waals surface area (Å²) in [5, 5.41) is 0. The predicted molar refractivity (Wildman–Crippen MR) is 98.2 cm³/mol. The van der Waals surface area contributed by atoms with Crippen LogP contribution in [0.1, 0.15) is 12.0 Å². The van der Waals surface area contributed by atoms with Crippen LogP contribution in [-0.2, 0) is 33.3 Å². The molecule has 3 aliphatic rings. The van der Waals surface area contributed by atoms with E-state index in [-0.39, 0.29) is 54.4 Å². The van der Waals surface area contributed by atoms with Crippen molar-refractivity contribution in [1.29, 1.82) is 0 Å². The van der Waals surface area contributed by atoms with Gasteiger partial charge in [0.25, 0.3) is 0 Å². The predicted octanol–water partition coefficient (Wildman–Crippen LogP) is 1.73. The molecular weight excluding hydrogens is 400 g/mol. The molecule has 0 saturated heterocycles. The van der Waals surface area contributed by atoms with Gasteiger partial charge in [-0.25, -0.2) is 0 Å². The summed E-state index contributed by atoms with van der Waals surface area (Å²) in [7, 11) is 5.18. The Labute approximate surface area is 171 Å². The summed E-state index contributed by atoms with van der Waals surface area (Å²) in [5.74, 6) is -0.500. The molecule has 0 radical (unpaired) electrons. The lowest BCUT2D eigenvalue weighted by Crippen LogP contribution is -2.45. The van der Waals surface area contributed by atoms with Crippen molar-refractivity contribution in [3.8, 4) is 17.2 Å². The number of methoxy groups -OCH3 is 4. The third-order valence-corrected chi connectivity index (χ3v) is 5.21. The Kier molecular flexibility index (Phi) is 4.84. The van der Waals surface area contributed by atoms with Gasteiger partial charge in [-0.3, -0.25) is 9.59 Å². The number of carbonyl (C=O) groups is 2. The molecule has 0 amide bonds. The van der Waals surface area contributed by atoms with Gasteiger partial charge in [-0.05, 0) is 12.1 Å². The number of carbonyl (C=O) groups excluding carboxylic acids is 2. The minimum atomic E-state index is -1.95. The van der Waals surface area contributed by atoms with Gasteiger partial charge in [0.1, 0.15) is 5.76 Å². The molecule has 2 aliphatic heterocycles. The SMILES string of the molecule is COC(=O)C1(C(=O)OC)CC2=C3OCOc4c(ccc(c4OC)C1=C3OC)OCO2. The third-order valence-electron chi connectivity index (χ3n) is 5.21. The quantitative estimate of drug-likeness (QED) is 0.528. The number of ether oxygens (including phenoxy) is 8. The Morgan fingerprint density at radius 1 is 0.900 bits per heavy atom. The normalized spacial score (nSPS) is 18.3. The first-order chi connectivity index (χ1) is 14.5. The summed E-state index contributed by atoms with van der Waals surface area (Å²) >= 11 is 0. The van der Waals surface area contributed by atoms with E-state index in [1.807, 2.05) is 0 Å². The molecule has 0 fully saturated rings. The topological polar surface area (TPSA) is 108 Å². The largest absolute Gasteiger partial charge is 0.492 e. The number of rotatable bonds is 4. The van der Waals surface area contributed by atoms with Crippen LogP contribution in [0.3, 0.4) is 0 Å². The van der Waals surface area contributed by atoms with E-state index < -0.39 is 17.4 Å². The monoisotopic (exact) mass is 420 g/mol. The summed E-state index contributed by atoms with van der Waals surface area (Å²) in [5.41, 5.74) is -1.43.